The molecule has 3 aromatic carbocycles. The largest absolute Gasteiger partial charge is 0.0654 e. The Morgan fingerprint density at radius 3 is 0.808 bits per heavy atom. The van der Waals surface area contributed by atoms with Gasteiger partial charge in [-0.2, -0.15) is 0 Å². The fourth-order valence-corrected chi connectivity index (χ4v) is 1.96. The Labute approximate surface area is 161 Å². The molecule has 140 valence electrons. The molecule has 0 aliphatic rings. The maximum atomic E-state index is 2.29. The smallest absolute Gasteiger partial charge is 0.0471 e. The van der Waals surface area contributed by atoms with Gasteiger partial charge in [0.05, 0.1) is 0 Å². The van der Waals surface area contributed by atoms with Crippen molar-refractivity contribution in [3.8, 4) is 0 Å². The van der Waals surface area contributed by atoms with Crippen molar-refractivity contribution < 1.29 is 0 Å². The molecule has 0 saturated heterocycles. The van der Waals surface area contributed by atoms with Crippen LogP contribution in [0.15, 0.2) is 109 Å². The Balaban J connectivity index is 0.000000322. The third-order valence-electron chi connectivity index (χ3n) is 3.39. The SMILES string of the molecule is CCCCCC(C)C.c1ccccc1.c1ccccc1.c1ccccc1. The van der Waals surface area contributed by atoms with Crippen molar-refractivity contribution in [1.29, 1.82) is 0 Å². The van der Waals surface area contributed by atoms with Crippen molar-refractivity contribution in [1.82, 2.24) is 0 Å². The van der Waals surface area contributed by atoms with Gasteiger partial charge in [0.1, 0.15) is 0 Å². The lowest BCUT2D eigenvalue weighted by atomic mass is 10.1. The van der Waals surface area contributed by atoms with Gasteiger partial charge in [0, 0.05) is 0 Å². The fourth-order valence-electron chi connectivity index (χ4n) is 1.96. The summed E-state index contributed by atoms with van der Waals surface area (Å²) in [7, 11) is 0. The molecule has 0 radical (unpaired) electrons. The minimum Gasteiger partial charge on any atom is -0.0654 e. The molecule has 26 heavy (non-hydrogen) atoms. The number of hydrogen-bond donors (Lipinski definition) is 0. The molecule has 0 heteroatoms. The molecule has 0 N–H and O–H groups in total. The molecule has 0 aromatic heterocycles. The second-order valence-corrected chi connectivity index (χ2v) is 6.35. The van der Waals surface area contributed by atoms with Crippen molar-refractivity contribution in [3.05, 3.63) is 109 Å². The van der Waals surface area contributed by atoms with Gasteiger partial charge in [-0.25, -0.2) is 0 Å². The van der Waals surface area contributed by atoms with Gasteiger partial charge >= 0.3 is 0 Å². The Kier molecular flexibility index (Phi) is 18.8. The topological polar surface area (TPSA) is 0 Å². The molecule has 0 unspecified atom stereocenters. The van der Waals surface area contributed by atoms with Crippen LogP contribution in [-0.4, -0.2) is 0 Å². The standard InChI is InChI=1S/C8H18.3C6H6/c1-4-5-6-7-8(2)3;3*1-2-4-6-5-3-1/h8H,4-7H2,1-3H3;3*1-6H. The average molecular weight is 349 g/mol. The van der Waals surface area contributed by atoms with Crippen LogP contribution >= 0.6 is 0 Å². The summed E-state index contributed by atoms with van der Waals surface area (Å²) >= 11 is 0. The number of benzene rings is 3. The average Bonchev–Trinajstić information content (AvgIpc) is 2.73. The molecular formula is C26H36. The van der Waals surface area contributed by atoms with E-state index >= 15 is 0 Å². The molecule has 0 amide bonds. The number of rotatable bonds is 4. The summed E-state index contributed by atoms with van der Waals surface area (Å²) in [6.07, 6.45) is 5.60. The molecule has 0 saturated carbocycles. The molecule has 0 atom stereocenters. The summed E-state index contributed by atoms with van der Waals surface area (Å²) in [5.41, 5.74) is 0. The lowest BCUT2D eigenvalue weighted by Gasteiger charge is -2.00. The molecule has 0 heterocycles. The molecule has 0 aliphatic heterocycles. The molecule has 0 spiro atoms. The molecular weight excluding hydrogens is 312 g/mol. The van der Waals surface area contributed by atoms with Crippen LogP contribution in [0.5, 0.6) is 0 Å². The highest BCUT2D eigenvalue weighted by atomic mass is 14.0. The van der Waals surface area contributed by atoms with Crippen molar-refractivity contribution in [3.63, 3.8) is 0 Å². The van der Waals surface area contributed by atoms with E-state index in [9.17, 15) is 0 Å². The lowest BCUT2D eigenvalue weighted by Crippen LogP contribution is -1.85. The van der Waals surface area contributed by atoms with Crippen molar-refractivity contribution in [2.45, 2.75) is 46.5 Å². The predicted octanol–water partition coefficient (Wildman–Crippen LogP) is 8.28. The summed E-state index contributed by atoms with van der Waals surface area (Å²) in [5.74, 6) is 0.904. The molecule has 0 nitrogen and oxygen atoms in total. The van der Waals surface area contributed by atoms with E-state index in [0.717, 1.165) is 5.92 Å². The fraction of sp³-hybridized carbons (Fsp3) is 0.308. The first-order valence-corrected chi connectivity index (χ1v) is 9.77. The first-order valence-electron chi connectivity index (χ1n) is 9.77. The maximum Gasteiger partial charge on any atom is -0.0471 e. The van der Waals surface area contributed by atoms with Gasteiger partial charge in [0.15, 0.2) is 0 Å². The minimum absolute atomic E-state index is 0.904. The van der Waals surface area contributed by atoms with E-state index in [1.54, 1.807) is 0 Å². The van der Waals surface area contributed by atoms with E-state index in [0.29, 0.717) is 0 Å². The Morgan fingerprint density at radius 2 is 0.654 bits per heavy atom. The van der Waals surface area contributed by atoms with Gasteiger partial charge in [-0.1, -0.05) is 156 Å². The third-order valence-corrected chi connectivity index (χ3v) is 3.39. The van der Waals surface area contributed by atoms with Crippen LogP contribution in [0.1, 0.15) is 46.5 Å². The lowest BCUT2D eigenvalue weighted by molar-refractivity contribution is 0.534. The van der Waals surface area contributed by atoms with Gasteiger partial charge in [0.2, 0.25) is 0 Å². The van der Waals surface area contributed by atoms with Gasteiger partial charge in [-0.05, 0) is 5.92 Å². The van der Waals surface area contributed by atoms with Crippen LogP contribution in [0.25, 0.3) is 0 Å². The molecule has 3 aromatic rings. The number of hydrogen-bond acceptors (Lipinski definition) is 0. The molecule has 0 bridgehead atoms. The van der Waals surface area contributed by atoms with Gasteiger partial charge in [-0.3, -0.25) is 0 Å². The first-order chi connectivity index (χ1) is 12.8. The van der Waals surface area contributed by atoms with Crippen LogP contribution < -0.4 is 0 Å². The summed E-state index contributed by atoms with van der Waals surface area (Å²) < 4.78 is 0. The van der Waals surface area contributed by atoms with Crippen LogP contribution in [-0.2, 0) is 0 Å². The highest BCUT2D eigenvalue weighted by Gasteiger charge is 1.90. The minimum atomic E-state index is 0.904. The Morgan fingerprint density at radius 1 is 0.423 bits per heavy atom. The van der Waals surface area contributed by atoms with Crippen LogP contribution in [0.4, 0.5) is 0 Å². The van der Waals surface area contributed by atoms with E-state index in [2.05, 4.69) is 20.8 Å². The van der Waals surface area contributed by atoms with E-state index in [4.69, 9.17) is 0 Å². The second kappa shape index (κ2) is 20.7. The zero-order valence-corrected chi connectivity index (χ0v) is 16.8. The second-order valence-electron chi connectivity index (χ2n) is 6.35. The Hall–Kier alpha value is -2.34. The zero-order valence-electron chi connectivity index (χ0n) is 16.8. The van der Waals surface area contributed by atoms with E-state index in [-0.39, 0.29) is 0 Å². The van der Waals surface area contributed by atoms with Crippen molar-refractivity contribution in [2.24, 2.45) is 5.92 Å². The van der Waals surface area contributed by atoms with Gasteiger partial charge in [-0.15, -0.1) is 0 Å². The van der Waals surface area contributed by atoms with Crippen LogP contribution in [0, 0.1) is 5.92 Å². The molecule has 0 aliphatic carbocycles. The highest BCUT2D eigenvalue weighted by Crippen LogP contribution is 2.06. The predicted molar refractivity (Wildman–Crippen MR) is 118 cm³/mol. The van der Waals surface area contributed by atoms with E-state index < -0.39 is 0 Å². The van der Waals surface area contributed by atoms with Crippen molar-refractivity contribution >= 4 is 0 Å². The van der Waals surface area contributed by atoms with Crippen LogP contribution in [0.2, 0.25) is 0 Å². The first kappa shape index (κ1) is 23.7. The maximum absolute atomic E-state index is 2.29. The summed E-state index contributed by atoms with van der Waals surface area (Å²) in [6, 6.07) is 36.0. The van der Waals surface area contributed by atoms with Gasteiger partial charge < -0.3 is 0 Å². The van der Waals surface area contributed by atoms with Gasteiger partial charge in [0.25, 0.3) is 0 Å². The number of unbranched alkanes of at least 4 members (excludes halogenated alkanes) is 2. The third kappa shape index (κ3) is 21.7. The highest BCUT2D eigenvalue weighted by molar-refractivity contribution is 5.00. The summed E-state index contributed by atoms with van der Waals surface area (Å²) in [6.45, 7) is 6.83. The van der Waals surface area contributed by atoms with E-state index in [1.165, 1.54) is 25.7 Å². The van der Waals surface area contributed by atoms with Crippen molar-refractivity contribution in [2.75, 3.05) is 0 Å². The monoisotopic (exact) mass is 348 g/mol. The quantitative estimate of drug-likeness (QED) is 0.416. The summed E-state index contributed by atoms with van der Waals surface area (Å²) in [4.78, 5) is 0. The summed E-state index contributed by atoms with van der Waals surface area (Å²) in [5, 5.41) is 0. The van der Waals surface area contributed by atoms with E-state index in [1.807, 2.05) is 109 Å². The zero-order chi connectivity index (χ0) is 19.1. The Bertz CT molecular complexity index is 388. The molecule has 0 fully saturated rings. The normalized spacial score (nSPS) is 8.77. The van der Waals surface area contributed by atoms with Crippen LogP contribution in [0.3, 0.4) is 0 Å². The molecule has 3 rings (SSSR count).